The molecule has 4 heteroatoms. The number of hydrazone groups is 1. The van der Waals surface area contributed by atoms with Crippen molar-refractivity contribution in [2.75, 3.05) is 11.9 Å². The number of carbonyl (C=O) groups is 1. The molecule has 1 aliphatic carbocycles. The highest BCUT2D eigenvalue weighted by molar-refractivity contribution is 6.04. The lowest BCUT2D eigenvalue weighted by Gasteiger charge is -2.05. The summed E-state index contributed by atoms with van der Waals surface area (Å²) in [6.07, 6.45) is 1.87. The van der Waals surface area contributed by atoms with E-state index in [2.05, 4.69) is 28.0 Å². The fraction of sp³-hybridized carbons (Fsp3) is 0.176. The van der Waals surface area contributed by atoms with Gasteiger partial charge in [0.2, 0.25) is 0 Å². The third kappa shape index (κ3) is 3.28. The van der Waals surface area contributed by atoms with Crippen LogP contribution >= 0.6 is 0 Å². The Morgan fingerprint density at radius 2 is 1.76 bits per heavy atom. The average Bonchev–Trinajstić information content (AvgIpc) is 2.95. The Bertz CT molecular complexity index is 665. The molecule has 3 rings (SSSR count). The van der Waals surface area contributed by atoms with Gasteiger partial charge in [-0.25, -0.2) is 5.43 Å². The number of anilines is 1. The SMILES string of the molecule is O=C(CNc1ccccc1)NN=C1CCc2ccccc21. The molecule has 0 fully saturated rings. The molecule has 0 unspecified atom stereocenters. The Kier molecular flexibility index (Phi) is 3.96. The van der Waals surface area contributed by atoms with Crippen LogP contribution in [0.3, 0.4) is 0 Å². The van der Waals surface area contributed by atoms with E-state index in [9.17, 15) is 4.79 Å². The number of nitrogens with one attached hydrogen (secondary N) is 2. The van der Waals surface area contributed by atoms with Gasteiger partial charge in [-0.2, -0.15) is 5.10 Å². The van der Waals surface area contributed by atoms with E-state index in [1.807, 2.05) is 42.5 Å². The lowest BCUT2D eigenvalue weighted by molar-refractivity contribution is -0.119. The predicted octanol–water partition coefficient (Wildman–Crippen LogP) is 2.57. The maximum absolute atomic E-state index is 11.8. The van der Waals surface area contributed by atoms with Crippen LogP contribution < -0.4 is 10.7 Å². The summed E-state index contributed by atoms with van der Waals surface area (Å²) >= 11 is 0. The molecule has 2 aromatic rings. The first-order valence-corrected chi connectivity index (χ1v) is 7.05. The molecule has 0 heterocycles. The van der Waals surface area contributed by atoms with Crippen LogP contribution in [0.5, 0.6) is 0 Å². The fourth-order valence-corrected chi connectivity index (χ4v) is 2.43. The number of aryl methyl sites for hydroxylation is 1. The fourth-order valence-electron chi connectivity index (χ4n) is 2.43. The van der Waals surface area contributed by atoms with Crippen LogP contribution in [-0.4, -0.2) is 18.2 Å². The molecular weight excluding hydrogens is 262 g/mol. The van der Waals surface area contributed by atoms with Crippen LogP contribution in [0.15, 0.2) is 59.7 Å². The van der Waals surface area contributed by atoms with E-state index < -0.39 is 0 Å². The number of benzene rings is 2. The Hall–Kier alpha value is -2.62. The van der Waals surface area contributed by atoms with E-state index in [1.54, 1.807) is 0 Å². The Morgan fingerprint density at radius 1 is 1.00 bits per heavy atom. The maximum Gasteiger partial charge on any atom is 0.259 e. The van der Waals surface area contributed by atoms with Crippen molar-refractivity contribution in [3.63, 3.8) is 0 Å². The molecule has 0 saturated carbocycles. The molecule has 1 amide bonds. The number of amides is 1. The predicted molar refractivity (Wildman–Crippen MR) is 84.4 cm³/mol. The first-order chi connectivity index (χ1) is 10.3. The van der Waals surface area contributed by atoms with Crippen molar-refractivity contribution in [2.45, 2.75) is 12.8 Å². The number of hydrogen-bond acceptors (Lipinski definition) is 3. The van der Waals surface area contributed by atoms with Crippen molar-refractivity contribution in [1.29, 1.82) is 0 Å². The molecule has 0 aromatic heterocycles. The molecule has 2 aromatic carbocycles. The highest BCUT2D eigenvalue weighted by atomic mass is 16.2. The second-order valence-corrected chi connectivity index (χ2v) is 4.97. The van der Waals surface area contributed by atoms with Gasteiger partial charge in [-0.15, -0.1) is 0 Å². The summed E-state index contributed by atoms with van der Waals surface area (Å²) in [6.45, 7) is 0.211. The minimum atomic E-state index is -0.143. The average molecular weight is 279 g/mol. The van der Waals surface area contributed by atoms with Gasteiger partial charge in [-0.3, -0.25) is 4.79 Å². The second-order valence-electron chi connectivity index (χ2n) is 4.97. The number of hydrogen-bond donors (Lipinski definition) is 2. The minimum Gasteiger partial charge on any atom is -0.376 e. The van der Waals surface area contributed by atoms with Gasteiger partial charge in [-0.1, -0.05) is 42.5 Å². The number of fused-ring (bicyclic) bond motifs is 1. The lowest BCUT2D eigenvalue weighted by Crippen LogP contribution is -2.26. The minimum absolute atomic E-state index is 0.143. The van der Waals surface area contributed by atoms with Gasteiger partial charge in [0.25, 0.3) is 5.91 Å². The quantitative estimate of drug-likeness (QED) is 0.845. The highest BCUT2D eigenvalue weighted by Gasteiger charge is 2.16. The molecule has 106 valence electrons. The number of rotatable bonds is 4. The molecule has 0 atom stereocenters. The molecule has 0 spiro atoms. The Labute approximate surface area is 123 Å². The molecule has 0 saturated heterocycles. The third-order valence-electron chi connectivity index (χ3n) is 3.50. The molecule has 1 aliphatic rings. The standard InChI is InChI=1S/C17H17N3O/c21-17(12-18-14-7-2-1-3-8-14)20-19-16-11-10-13-6-4-5-9-15(13)16/h1-9,18H,10-12H2,(H,20,21). The summed E-state index contributed by atoms with van der Waals surface area (Å²) in [5.74, 6) is -0.143. The number of para-hydroxylation sites is 1. The van der Waals surface area contributed by atoms with Gasteiger partial charge in [0, 0.05) is 11.3 Å². The van der Waals surface area contributed by atoms with E-state index in [0.29, 0.717) is 0 Å². The van der Waals surface area contributed by atoms with Crippen molar-refractivity contribution in [3.8, 4) is 0 Å². The van der Waals surface area contributed by atoms with Gasteiger partial charge in [-0.05, 0) is 30.5 Å². The van der Waals surface area contributed by atoms with Gasteiger partial charge < -0.3 is 5.32 Å². The van der Waals surface area contributed by atoms with Crippen LogP contribution in [0.1, 0.15) is 17.5 Å². The van der Waals surface area contributed by atoms with Crippen molar-refractivity contribution >= 4 is 17.3 Å². The van der Waals surface area contributed by atoms with E-state index in [0.717, 1.165) is 29.8 Å². The smallest absolute Gasteiger partial charge is 0.259 e. The van der Waals surface area contributed by atoms with E-state index in [4.69, 9.17) is 0 Å². The summed E-state index contributed by atoms with van der Waals surface area (Å²) < 4.78 is 0. The van der Waals surface area contributed by atoms with Crippen molar-refractivity contribution in [3.05, 3.63) is 65.7 Å². The van der Waals surface area contributed by atoms with E-state index in [1.165, 1.54) is 5.56 Å². The summed E-state index contributed by atoms with van der Waals surface area (Å²) in [5, 5.41) is 7.31. The largest absolute Gasteiger partial charge is 0.376 e. The maximum atomic E-state index is 11.8. The van der Waals surface area contributed by atoms with Crippen LogP contribution in [-0.2, 0) is 11.2 Å². The monoisotopic (exact) mass is 279 g/mol. The van der Waals surface area contributed by atoms with Crippen LogP contribution in [0.4, 0.5) is 5.69 Å². The highest BCUT2D eigenvalue weighted by Crippen LogP contribution is 2.21. The van der Waals surface area contributed by atoms with Crippen LogP contribution in [0, 0.1) is 0 Å². The summed E-state index contributed by atoms with van der Waals surface area (Å²) in [6, 6.07) is 17.8. The van der Waals surface area contributed by atoms with Gasteiger partial charge in [0.1, 0.15) is 0 Å². The Balaban J connectivity index is 1.56. The molecule has 0 radical (unpaired) electrons. The molecule has 0 bridgehead atoms. The van der Waals surface area contributed by atoms with E-state index >= 15 is 0 Å². The Morgan fingerprint density at radius 3 is 2.62 bits per heavy atom. The summed E-state index contributed by atoms with van der Waals surface area (Å²) in [5.41, 5.74) is 6.95. The summed E-state index contributed by atoms with van der Waals surface area (Å²) in [4.78, 5) is 11.8. The molecule has 2 N–H and O–H groups in total. The molecular formula is C17H17N3O. The zero-order chi connectivity index (χ0) is 14.5. The zero-order valence-electron chi connectivity index (χ0n) is 11.7. The van der Waals surface area contributed by atoms with Crippen molar-refractivity contribution in [2.24, 2.45) is 5.10 Å². The van der Waals surface area contributed by atoms with Gasteiger partial charge in [0.05, 0.1) is 12.3 Å². The number of carbonyl (C=O) groups excluding carboxylic acids is 1. The topological polar surface area (TPSA) is 53.5 Å². The van der Waals surface area contributed by atoms with Gasteiger partial charge in [0.15, 0.2) is 0 Å². The first kappa shape index (κ1) is 13.4. The first-order valence-electron chi connectivity index (χ1n) is 7.05. The molecule has 0 aliphatic heterocycles. The lowest BCUT2D eigenvalue weighted by atomic mass is 10.1. The molecule has 21 heavy (non-hydrogen) atoms. The number of nitrogens with zero attached hydrogens (tertiary/aromatic N) is 1. The van der Waals surface area contributed by atoms with Crippen LogP contribution in [0.2, 0.25) is 0 Å². The van der Waals surface area contributed by atoms with Crippen molar-refractivity contribution in [1.82, 2.24) is 5.43 Å². The summed E-state index contributed by atoms with van der Waals surface area (Å²) in [7, 11) is 0. The van der Waals surface area contributed by atoms with E-state index in [-0.39, 0.29) is 12.5 Å². The van der Waals surface area contributed by atoms with Gasteiger partial charge >= 0.3 is 0 Å². The normalized spacial score (nSPS) is 14.8. The second kappa shape index (κ2) is 6.22. The molecule has 4 nitrogen and oxygen atoms in total. The third-order valence-corrected chi connectivity index (χ3v) is 3.50. The van der Waals surface area contributed by atoms with Crippen molar-refractivity contribution < 1.29 is 4.79 Å². The van der Waals surface area contributed by atoms with Crippen LogP contribution in [0.25, 0.3) is 0 Å². The zero-order valence-corrected chi connectivity index (χ0v) is 11.7.